The predicted octanol–water partition coefficient (Wildman–Crippen LogP) is 0.817. The third kappa shape index (κ3) is 2.53. The highest BCUT2D eigenvalue weighted by atomic mass is 16.5. The van der Waals surface area contributed by atoms with Gasteiger partial charge in [0.15, 0.2) is 11.5 Å². The molecule has 0 amide bonds. The first-order chi connectivity index (χ1) is 10.1. The summed E-state index contributed by atoms with van der Waals surface area (Å²) in [6.45, 7) is 4.46. The molecule has 0 saturated heterocycles. The van der Waals surface area contributed by atoms with Gasteiger partial charge in [0.05, 0.1) is 12.3 Å². The SMILES string of the molecule is CCOC(=O)c1nnn(Cc2nnc(C)n2C)c1C1CC1. The number of ether oxygens (including phenoxy) is 1. The molecule has 0 radical (unpaired) electrons. The fourth-order valence-corrected chi connectivity index (χ4v) is 2.27. The Hall–Kier alpha value is -2.25. The molecule has 8 nitrogen and oxygen atoms in total. The maximum absolute atomic E-state index is 12.0. The van der Waals surface area contributed by atoms with Crippen molar-refractivity contribution in [1.82, 2.24) is 29.8 Å². The Morgan fingerprint density at radius 1 is 1.33 bits per heavy atom. The molecule has 1 aliphatic carbocycles. The molecule has 3 rings (SSSR count). The van der Waals surface area contributed by atoms with Crippen LogP contribution in [0.5, 0.6) is 0 Å². The van der Waals surface area contributed by atoms with Crippen LogP contribution in [0.1, 0.15) is 53.5 Å². The van der Waals surface area contributed by atoms with Gasteiger partial charge in [0, 0.05) is 13.0 Å². The number of aryl methyl sites for hydroxylation is 1. The van der Waals surface area contributed by atoms with Gasteiger partial charge in [-0.15, -0.1) is 15.3 Å². The van der Waals surface area contributed by atoms with Crippen LogP contribution in [0.4, 0.5) is 0 Å². The van der Waals surface area contributed by atoms with Crippen molar-refractivity contribution in [2.24, 2.45) is 7.05 Å². The summed E-state index contributed by atoms with van der Waals surface area (Å²) in [6.07, 6.45) is 2.11. The van der Waals surface area contributed by atoms with Crippen LogP contribution in [-0.2, 0) is 18.3 Å². The molecule has 0 N–H and O–H groups in total. The van der Waals surface area contributed by atoms with Crippen LogP contribution in [0.2, 0.25) is 0 Å². The standard InChI is InChI=1S/C13H18N6O2/c1-4-21-13(20)11-12(9-5-6-9)19(17-16-11)7-10-15-14-8(2)18(10)3/h9H,4-7H2,1-3H3. The molecule has 0 atom stereocenters. The van der Waals surface area contributed by atoms with Crippen molar-refractivity contribution in [2.45, 2.75) is 39.2 Å². The highest BCUT2D eigenvalue weighted by molar-refractivity contribution is 5.88. The number of hydrogen-bond acceptors (Lipinski definition) is 6. The van der Waals surface area contributed by atoms with Gasteiger partial charge >= 0.3 is 5.97 Å². The third-order valence-electron chi connectivity index (χ3n) is 3.68. The number of hydrogen-bond donors (Lipinski definition) is 0. The first-order valence-electron chi connectivity index (χ1n) is 7.07. The lowest BCUT2D eigenvalue weighted by molar-refractivity contribution is 0.0518. The maximum atomic E-state index is 12.0. The second kappa shape index (κ2) is 5.27. The molecule has 1 saturated carbocycles. The van der Waals surface area contributed by atoms with Gasteiger partial charge in [-0.1, -0.05) is 5.21 Å². The molecular weight excluding hydrogens is 272 g/mol. The van der Waals surface area contributed by atoms with Crippen molar-refractivity contribution in [3.05, 3.63) is 23.0 Å². The van der Waals surface area contributed by atoms with Crippen molar-refractivity contribution in [3.63, 3.8) is 0 Å². The largest absolute Gasteiger partial charge is 0.461 e. The fraction of sp³-hybridized carbons (Fsp3) is 0.615. The Balaban J connectivity index is 1.92. The Kier molecular flexibility index (Phi) is 3.44. The summed E-state index contributed by atoms with van der Waals surface area (Å²) in [5.41, 5.74) is 1.19. The number of rotatable bonds is 5. The van der Waals surface area contributed by atoms with E-state index in [1.807, 2.05) is 18.5 Å². The Morgan fingerprint density at radius 2 is 2.10 bits per heavy atom. The number of esters is 1. The normalized spacial score (nSPS) is 14.4. The molecule has 0 spiro atoms. The fourth-order valence-electron chi connectivity index (χ4n) is 2.27. The lowest BCUT2D eigenvalue weighted by atomic mass is 10.2. The van der Waals surface area contributed by atoms with Gasteiger partial charge in [-0.3, -0.25) is 0 Å². The molecular formula is C13H18N6O2. The Labute approximate surface area is 122 Å². The van der Waals surface area contributed by atoms with Crippen molar-refractivity contribution < 1.29 is 9.53 Å². The van der Waals surface area contributed by atoms with Crippen molar-refractivity contribution >= 4 is 5.97 Å². The molecule has 2 aromatic heterocycles. The van der Waals surface area contributed by atoms with Gasteiger partial charge in [-0.05, 0) is 26.7 Å². The van der Waals surface area contributed by atoms with E-state index >= 15 is 0 Å². The van der Waals surface area contributed by atoms with E-state index in [0.717, 1.165) is 30.2 Å². The van der Waals surface area contributed by atoms with E-state index in [0.29, 0.717) is 24.8 Å². The average Bonchev–Trinajstić information content (AvgIpc) is 3.15. The third-order valence-corrected chi connectivity index (χ3v) is 3.68. The zero-order valence-electron chi connectivity index (χ0n) is 12.4. The minimum atomic E-state index is -0.403. The number of carbonyl (C=O) groups is 1. The summed E-state index contributed by atoms with van der Waals surface area (Å²) in [6, 6.07) is 0. The lowest BCUT2D eigenvalue weighted by Crippen LogP contribution is -2.13. The van der Waals surface area contributed by atoms with E-state index in [1.54, 1.807) is 11.6 Å². The maximum Gasteiger partial charge on any atom is 0.360 e. The van der Waals surface area contributed by atoms with E-state index in [2.05, 4.69) is 20.5 Å². The zero-order chi connectivity index (χ0) is 15.0. The predicted molar refractivity (Wildman–Crippen MR) is 72.8 cm³/mol. The van der Waals surface area contributed by atoms with E-state index in [4.69, 9.17) is 4.74 Å². The molecule has 2 aromatic rings. The lowest BCUT2D eigenvalue weighted by Gasteiger charge is -2.06. The van der Waals surface area contributed by atoms with Gasteiger partial charge in [0.1, 0.15) is 12.4 Å². The van der Waals surface area contributed by atoms with Crippen LogP contribution in [0, 0.1) is 6.92 Å². The molecule has 1 fully saturated rings. The van der Waals surface area contributed by atoms with Gasteiger partial charge in [-0.2, -0.15) is 0 Å². The molecule has 0 aromatic carbocycles. The summed E-state index contributed by atoms with van der Waals surface area (Å²) < 4.78 is 8.70. The van der Waals surface area contributed by atoms with Gasteiger partial charge in [0.25, 0.3) is 0 Å². The zero-order valence-corrected chi connectivity index (χ0v) is 12.4. The molecule has 2 heterocycles. The second-order valence-electron chi connectivity index (χ2n) is 5.20. The highest BCUT2D eigenvalue weighted by Gasteiger charge is 2.34. The Morgan fingerprint density at radius 3 is 2.67 bits per heavy atom. The van der Waals surface area contributed by atoms with Crippen LogP contribution in [0.3, 0.4) is 0 Å². The van der Waals surface area contributed by atoms with Gasteiger partial charge in [0.2, 0.25) is 0 Å². The van der Waals surface area contributed by atoms with Crippen LogP contribution in [0.15, 0.2) is 0 Å². The first-order valence-corrected chi connectivity index (χ1v) is 7.07. The molecule has 8 heteroatoms. The smallest absolute Gasteiger partial charge is 0.360 e. The van der Waals surface area contributed by atoms with E-state index in [1.165, 1.54) is 0 Å². The Bertz CT molecular complexity index is 670. The van der Waals surface area contributed by atoms with E-state index in [-0.39, 0.29) is 0 Å². The molecule has 0 aliphatic heterocycles. The number of carbonyl (C=O) groups excluding carboxylic acids is 1. The molecule has 112 valence electrons. The van der Waals surface area contributed by atoms with Crippen LogP contribution < -0.4 is 0 Å². The van der Waals surface area contributed by atoms with Gasteiger partial charge < -0.3 is 9.30 Å². The summed E-state index contributed by atoms with van der Waals surface area (Å²) in [5.74, 6) is 1.56. The van der Waals surface area contributed by atoms with Crippen molar-refractivity contribution in [1.29, 1.82) is 0 Å². The van der Waals surface area contributed by atoms with Crippen LogP contribution in [-0.4, -0.2) is 42.3 Å². The number of nitrogens with zero attached hydrogens (tertiary/aromatic N) is 6. The van der Waals surface area contributed by atoms with Crippen molar-refractivity contribution in [3.8, 4) is 0 Å². The summed E-state index contributed by atoms with van der Waals surface area (Å²) >= 11 is 0. The van der Waals surface area contributed by atoms with E-state index < -0.39 is 5.97 Å². The summed E-state index contributed by atoms with van der Waals surface area (Å²) in [4.78, 5) is 12.0. The monoisotopic (exact) mass is 290 g/mol. The molecule has 21 heavy (non-hydrogen) atoms. The molecule has 0 bridgehead atoms. The summed E-state index contributed by atoms with van der Waals surface area (Å²) in [5, 5.41) is 16.3. The minimum absolute atomic E-state index is 0.332. The number of aromatic nitrogens is 6. The summed E-state index contributed by atoms with van der Waals surface area (Å²) in [7, 11) is 1.91. The van der Waals surface area contributed by atoms with Crippen molar-refractivity contribution in [2.75, 3.05) is 6.61 Å². The quantitative estimate of drug-likeness (QED) is 0.757. The average molecular weight is 290 g/mol. The highest BCUT2D eigenvalue weighted by Crippen LogP contribution is 2.41. The molecule has 0 unspecified atom stereocenters. The van der Waals surface area contributed by atoms with Crippen LogP contribution >= 0.6 is 0 Å². The minimum Gasteiger partial charge on any atom is -0.461 e. The topological polar surface area (TPSA) is 87.7 Å². The molecule has 1 aliphatic rings. The van der Waals surface area contributed by atoms with Crippen LogP contribution in [0.25, 0.3) is 0 Å². The van der Waals surface area contributed by atoms with Gasteiger partial charge in [-0.25, -0.2) is 9.48 Å². The first kappa shape index (κ1) is 13.7. The van der Waals surface area contributed by atoms with E-state index in [9.17, 15) is 4.79 Å². The second-order valence-corrected chi connectivity index (χ2v) is 5.20.